The molecule has 0 bridgehead atoms. The molecule has 0 saturated heterocycles. The van der Waals surface area contributed by atoms with Crippen molar-refractivity contribution in [2.45, 2.75) is 19.5 Å². The summed E-state index contributed by atoms with van der Waals surface area (Å²) in [5, 5.41) is 2.79. The van der Waals surface area contributed by atoms with E-state index >= 15 is 0 Å². The van der Waals surface area contributed by atoms with Crippen LogP contribution in [0.5, 0.6) is 0 Å². The number of amides is 1. The van der Waals surface area contributed by atoms with E-state index in [0.29, 0.717) is 11.3 Å². The summed E-state index contributed by atoms with van der Waals surface area (Å²) in [7, 11) is 0. The monoisotopic (exact) mass is 361 g/mol. The van der Waals surface area contributed by atoms with Crippen LogP contribution in [0.3, 0.4) is 0 Å². The van der Waals surface area contributed by atoms with E-state index in [1.165, 1.54) is 33.7 Å². The van der Waals surface area contributed by atoms with Crippen LogP contribution in [-0.2, 0) is 19.5 Å². The summed E-state index contributed by atoms with van der Waals surface area (Å²) in [6, 6.07) is 22.2. The van der Waals surface area contributed by atoms with Gasteiger partial charge in [-0.2, -0.15) is 0 Å². The third-order valence-corrected chi connectivity index (χ3v) is 5.08. The first-order valence-corrected chi connectivity index (χ1v) is 9.23. The zero-order valence-corrected chi connectivity index (χ0v) is 15.0. The molecular weight excluding hydrogens is 339 g/mol. The van der Waals surface area contributed by atoms with Crippen molar-refractivity contribution < 1.29 is 14.1 Å². The van der Waals surface area contributed by atoms with E-state index in [2.05, 4.69) is 29.6 Å². The molecule has 0 radical (unpaired) electrons. The van der Waals surface area contributed by atoms with Gasteiger partial charge >= 0.3 is 0 Å². The van der Waals surface area contributed by atoms with Gasteiger partial charge in [-0.25, -0.2) is 4.39 Å². The predicted octanol–water partition coefficient (Wildman–Crippen LogP) is 3.22. The van der Waals surface area contributed by atoms with E-state index in [1.54, 1.807) is 12.1 Å². The smallest absolute Gasteiger partial charge is 0.255 e. The Labute approximate surface area is 158 Å². The maximum absolute atomic E-state index is 13.0. The number of halogens is 1. The lowest BCUT2D eigenvalue weighted by atomic mass is 9.99. The van der Waals surface area contributed by atoms with Crippen LogP contribution in [0, 0.1) is 5.82 Å². The minimum Gasteiger partial charge on any atom is -0.327 e. The predicted molar refractivity (Wildman–Crippen MR) is 104 cm³/mol. The lowest BCUT2D eigenvalue weighted by Gasteiger charge is -2.26. The second-order valence-electron chi connectivity index (χ2n) is 7.03. The standard InChI is InChI=1S/C23H21FN2O/c24-21-9-11-22(12-10-21)25-23(27)19-7-5-17(6-8-19)15-26-14-13-18-3-1-2-4-20(18)16-26/h1-12H,13-16H2,(H,25,27)/p+1. The van der Waals surface area contributed by atoms with E-state index < -0.39 is 0 Å². The zero-order valence-electron chi connectivity index (χ0n) is 15.0. The van der Waals surface area contributed by atoms with Crippen LogP contribution in [0.15, 0.2) is 72.8 Å². The van der Waals surface area contributed by atoms with Gasteiger partial charge in [0.05, 0.1) is 6.54 Å². The van der Waals surface area contributed by atoms with E-state index in [-0.39, 0.29) is 11.7 Å². The minimum atomic E-state index is -0.319. The molecule has 1 amide bonds. The van der Waals surface area contributed by atoms with Crippen molar-refractivity contribution in [3.63, 3.8) is 0 Å². The van der Waals surface area contributed by atoms with Gasteiger partial charge in [-0.15, -0.1) is 0 Å². The van der Waals surface area contributed by atoms with Gasteiger partial charge < -0.3 is 10.2 Å². The molecule has 3 nitrogen and oxygen atoms in total. The number of quaternary nitrogens is 1. The number of nitrogens with one attached hydrogen (secondary N) is 2. The van der Waals surface area contributed by atoms with Crippen LogP contribution in [0.2, 0.25) is 0 Å². The first-order valence-electron chi connectivity index (χ1n) is 9.23. The number of carbonyl (C=O) groups excluding carboxylic acids is 1. The summed E-state index contributed by atoms with van der Waals surface area (Å²) in [5.41, 5.74) is 5.31. The molecule has 0 spiro atoms. The second-order valence-corrected chi connectivity index (χ2v) is 7.03. The fourth-order valence-corrected chi connectivity index (χ4v) is 3.59. The quantitative estimate of drug-likeness (QED) is 0.735. The number of rotatable bonds is 4. The van der Waals surface area contributed by atoms with Crippen molar-refractivity contribution in [3.8, 4) is 0 Å². The van der Waals surface area contributed by atoms with Gasteiger partial charge in [0.1, 0.15) is 18.9 Å². The van der Waals surface area contributed by atoms with Crippen molar-refractivity contribution in [2.75, 3.05) is 11.9 Å². The Balaban J connectivity index is 1.37. The van der Waals surface area contributed by atoms with Crippen molar-refractivity contribution in [2.24, 2.45) is 0 Å². The third kappa shape index (κ3) is 4.23. The Morgan fingerprint density at radius 2 is 1.63 bits per heavy atom. The largest absolute Gasteiger partial charge is 0.327 e. The molecule has 0 aliphatic carbocycles. The molecule has 4 rings (SSSR count). The van der Waals surface area contributed by atoms with Gasteiger partial charge in [0.25, 0.3) is 5.91 Å². The third-order valence-electron chi connectivity index (χ3n) is 5.08. The summed E-state index contributed by atoms with van der Waals surface area (Å²) in [4.78, 5) is 13.9. The number of fused-ring (bicyclic) bond motifs is 1. The van der Waals surface area contributed by atoms with Gasteiger partial charge in [0.2, 0.25) is 0 Å². The summed E-state index contributed by atoms with van der Waals surface area (Å²) < 4.78 is 13.0. The summed E-state index contributed by atoms with van der Waals surface area (Å²) in [5.74, 6) is -0.507. The molecule has 1 atom stereocenters. The van der Waals surface area contributed by atoms with Crippen molar-refractivity contribution in [3.05, 3.63) is 101 Å². The number of hydrogen-bond acceptors (Lipinski definition) is 1. The molecule has 1 aliphatic rings. The van der Waals surface area contributed by atoms with E-state index in [0.717, 1.165) is 26.1 Å². The number of hydrogen-bond donors (Lipinski definition) is 2. The number of carbonyl (C=O) groups is 1. The SMILES string of the molecule is O=C(Nc1ccc(F)cc1)c1ccc(C[NH+]2CCc3ccccc3C2)cc1. The zero-order chi connectivity index (χ0) is 18.6. The summed E-state index contributed by atoms with van der Waals surface area (Å²) >= 11 is 0. The van der Waals surface area contributed by atoms with Crippen LogP contribution in [0.25, 0.3) is 0 Å². The van der Waals surface area contributed by atoms with Crippen LogP contribution in [0.1, 0.15) is 27.0 Å². The maximum atomic E-state index is 13.0. The molecular formula is C23H22FN2O+. The molecule has 0 aromatic heterocycles. The molecule has 4 heteroatoms. The molecule has 0 saturated carbocycles. The molecule has 3 aromatic carbocycles. The number of benzene rings is 3. The minimum absolute atomic E-state index is 0.188. The topological polar surface area (TPSA) is 33.5 Å². The van der Waals surface area contributed by atoms with Crippen LogP contribution >= 0.6 is 0 Å². The highest BCUT2D eigenvalue weighted by molar-refractivity contribution is 6.04. The Morgan fingerprint density at radius 1 is 0.926 bits per heavy atom. The lowest BCUT2D eigenvalue weighted by Crippen LogP contribution is -3.10. The van der Waals surface area contributed by atoms with Crippen molar-refractivity contribution in [1.29, 1.82) is 0 Å². The highest BCUT2D eigenvalue weighted by Gasteiger charge is 2.19. The summed E-state index contributed by atoms with van der Waals surface area (Å²) in [6.45, 7) is 3.13. The Kier molecular flexibility index (Phi) is 4.99. The molecule has 2 N–H and O–H groups in total. The fraction of sp³-hybridized carbons (Fsp3) is 0.174. The normalized spacial score (nSPS) is 15.8. The molecule has 3 aromatic rings. The highest BCUT2D eigenvalue weighted by Crippen LogP contribution is 2.13. The Morgan fingerprint density at radius 3 is 2.37 bits per heavy atom. The molecule has 1 unspecified atom stereocenters. The Hall–Kier alpha value is -2.98. The average Bonchev–Trinajstić information content (AvgIpc) is 2.70. The van der Waals surface area contributed by atoms with Gasteiger partial charge in [-0.05, 0) is 42.0 Å². The van der Waals surface area contributed by atoms with Crippen molar-refractivity contribution in [1.82, 2.24) is 0 Å². The fourth-order valence-electron chi connectivity index (χ4n) is 3.59. The van der Waals surface area contributed by atoms with Crippen LogP contribution in [0.4, 0.5) is 10.1 Å². The van der Waals surface area contributed by atoms with Gasteiger partial charge in [-0.1, -0.05) is 36.4 Å². The van der Waals surface area contributed by atoms with E-state index in [1.807, 2.05) is 24.3 Å². The molecule has 27 heavy (non-hydrogen) atoms. The summed E-state index contributed by atoms with van der Waals surface area (Å²) in [6.07, 6.45) is 1.11. The molecule has 136 valence electrons. The van der Waals surface area contributed by atoms with Gasteiger partial charge in [0.15, 0.2) is 0 Å². The first kappa shape index (κ1) is 17.4. The molecule has 0 fully saturated rings. The molecule has 1 aliphatic heterocycles. The van der Waals surface area contributed by atoms with Gasteiger partial charge in [0, 0.05) is 28.8 Å². The van der Waals surface area contributed by atoms with E-state index in [4.69, 9.17) is 0 Å². The lowest BCUT2D eigenvalue weighted by molar-refractivity contribution is -0.929. The maximum Gasteiger partial charge on any atom is 0.255 e. The molecule has 1 heterocycles. The highest BCUT2D eigenvalue weighted by atomic mass is 19.1. The van der Waals surface area contributed by atoms with Crippen LogP contribution < -0.4 is 10.2 Å². The van der Waals surface area contributed by atoms with Gasteiger partial charge in [-0.3, -0.25) is 4.79 Å². The van der Waals surface area contributed by atoms with Crippen molar-refractivity contribution >= 4 is 11.6 Å². The van der Waals surface area contributed by atoms with Crippen LogP contribution in [-0.4, -0.2) is 12.5 Å². The first-order chi connectivity index (χ1) is 13.2. The second kappa shape index (κ2) is 7.72. The number of anilines is 1. The van der Waals surface area contributed by atoms with E-state index in [9.17, 15) is 9.18 Å². The average molecular weight is 361 g/mol. The Bertz CT molecular complexity index is 935.